The lowest BCUT2D eigenvalue weighted by Crippen LogP contribution is -2.01. The molecule has 1 aromatic rings. The predicted octanol–water partition coefficient (Wildman–Crippen LogP) is 2.55. The van der Waals surface area contributed by atoms with Crippen molar-refractivity contribution in [3.8, 4) is 0 Å². The molecule has 14 heavy (non-hydrogen) atoms. The molecule has 0 aliphatic rings. The lowest BCUT2D eigenvalue weighted by Gasteiger charge is -2.02. The molecule has 0 spiro atoms. The van der Waals surface area contributed by atoms with Gasteiger partial charge in [-0.1, -0.05) is 30.9 Å². The Morgan fingerprint density at radius 3 is 2.36 bits per heavy atom. The summed E-state index contributed by atoms with van der Waals surface area (Å²) in [7, 11) is -3.31. The largest absolute Gasteiger partial charge is 0.219 e. The van der Waals surface area contributed by atoms with Crippen molar-refractivity contribution >= 4 is 9.84 Å². The van der Waals surface area contributed by atoms with Crippen molar-refractivity contribution in [1.82, 2.24) is 0 Å². The zero-order valence-electron chi connectivity index (χ0n) is 7.97. The minimum absolute atomic E-state index is 0.304. The normalized spacial score (nSPS) is 12.5. The van der Waals surface area contributed by atoms with Crippen LogP contribution < -0.4 is 0 Å². The van der Waals surface area contributed by atoms with Gasteiger partial charge in [-0.2, -0.15) is 0 Å². The Morgan fingerprint density at radius 1 is 1.29 bits per heavy atom. The van der Waals surface area contributed by atoms with Gasteiger partial charge in [0, 0.05) is 4.91 Å². The molecule has 0 aromatic heterocycles. The lowest BCUT2D eigenvalue weighted by atomic mass is 10.4. The monoisotopic (exact) mass is 208 g/mol. The molecule has 0 bridgehead atoms. The minimum atomic E-state index is -3.31. The highest BCUT2D eigenvalue weighted by atomic mass is 32.2. The molecule has 0 fully saturated rings. The second-order valence-corrected chi connectivity index (χ2v) is 4.95. The zero-order valence-corrected chi connectivity index (χ0v) is 8.79. The third kappa shape index (κ3) is 2.12. The number of rotatable bonds is 3. The summed E-state index contributed by atoms with van der Waals surface area (Å²) in [6.07, 6.45) is 2.96. The maximum absolute atomic E-state index is 11.8. The quantitative estimate of drug-likeness (QED) is 0.715. The molecule has 0 saturated carbocycles. The van der Waals surface area contributed by atoms with Gasteiger partial charge in [0.05, 0.1) is 4.90 Å². The van der Waals surface area contributed by atoms with Crippen LogP contribution in [0.3, 0.4) is 0 Å². The van der Waals surface area contributed by atoms with Crippen molar-refractivity contribution in [2.45, 2.75) is 11.8 Å². The van der Waals surface area contributed by atoms with Crippen LogP contribution in [-0.4, -0.2) is 8.42 Å². The van der Waals surface area contributed by atoms with Gasteiger partial charge in [0.1, 0.15) is 0 Å². The molecule has 0 atom stereocenters. The summed E-state index contributed by atoms with van der Waals surface area (Å²) in [6.45, 7) is 5.03. The topological polar surface area (TPSA) is 34.1 Å². The van der Waals surface area contributed by atoms with Crippen LogP contribution in [0, 0.1) is 0 Å². The van der Waals surface area contributed by atoms with Gasteiger partial charge in [-0.15, -0.1) is 0 Å². The highest BCUT2D eigenvalue weighted by Crippen LogP contribution is 2.17. The Bertz CT molecular complexity index is 441. The SMILES string of the molecule is C=CC=C(C)S(=O)(=O)c1ccccc1. The molecule has 1 aromatic carbocycles. The van der Waals surface area contributed by atoms with E-state index in [-0.39, 0.29) is 0 Å². The maximum Gasteiger partial charge on any atom is 0.202 e. The van der Waals surface area contributed by atoms with E-state index in [0.717, 1.165) is 0 Å². The summed E-state index contributed by atoms with van der Waals surface area (Å²) >= 11 is 0. The molecule has 0 aliphatic heterocycles. The second kappa shape index (κ2) is 4.24. The average molecular weight is 208 g/mol. The van der Waals surface area contributed by atoms with E-state index < -0.39 is 9.84 Å². The highest BCUT2D eigenvalue weighted by molar-refractivity contribution is 7.95. The number of sulfone groups is 1. The molecule has 0 amide bonds. The zero-order chi connectivity index (χ0) is 10.6. The van der Waals surface area contributed by atoms with Gasteiger partial charge in [-0.3, -0.25) is 0 Å². The summed E-state index contributed by atoms with van der Waals surface area (Å²) in [5, 5.41) is 0. The van der Waals surface area contributed by atoms with E-state index in [4.69, 9.17) is 0 Å². The van der Waals surface area contributed by atoms with E-state index in [9.17, 15) is 8.42 Å². The third-order valence-electron chi connectivity index (χ3n) is 1.83. The van der Waals surface area contributed by atoms with Crippen molar-refractivity contribution in [3.05, 3.63) is 54.0 Å². The number of hydrogen-bond donors (Lipinski definition) is 0. The second-order valence-electron chi connectivity index (χ2n) is 2.83. The minimum Gasteiger partial charge on any atom is -0.219 e. The summed E-state index contributed by atoms with van der Waals surface area (Å²) in [4.78, 5) is 0.620. The van der Waals surface area contributed by atoms with E-state index in [0.29, 0.717) is 9.80 Å². The van der Waals surface area contributed by atoms with Crippen molar-refractivity contribution in [2.24, 2.45) is 0 Å². The van der Waals surface area contributed by atoms with Gasteiger partial charge in [-0.25, -0.2) is 8.42 Å². The Labute approximate surface area is 84.5 Å². The molecule has 0 heterocycles. The fourth-order valence-corrected chi connectivity index (χ4v) is 2.20. The lowest BCUT2D eigenvalue weighted by molar-refractivity contribution is 0.602. The van der Waals surface area contributed by atoms with Crippen molar-refractivity contribution in [1.29, 1.82) is 0 Å². The van der Waals surface area contributed by atoms with E-state index in [1.807, 2.05) is 0 Å². The van der Waals surface area contributed by atoms with Crippen LogP contribution >= 0.6 is 0 Å². The van der Waals surface area contributed by atoms with Gasteiger partial charge in [-0.05, 0) is 25.1 Å². The first-order chi connectivity index (χ1) is 6.59. The number of benzene rings is 1. The van der Waals surface area contributed by atoms with E-state index in [2.05, 4.69) is 6.58 Å². The van der Waals surface area contributed by atoms with E-state index >= 15 is 0 Å². The molecule has 74 valence electrons. The van der Waals surface area contributed by atoms with Crippen molar-refractivity contribution in [3.63, 3.8) is 0 Å². The summed E-state index contributed by atoms with van der Waals surface area (Å²) < 4.78 is 23.6. The molecule has 0 saturated heterocycles. The van der Waals surface area contributed by atoms with Gasteiger partial charge >= 0.3 is 0 Å². The van der Waals surface area contributed by atoms with Crippen molar-refractivity contribution in [2.75, 3.05) is 0 Å². The Hall–Kier alpha value is -1.35. The van der Waals surface area contributed by atoms with Gasteiger partial charge in [0.2, 0.25) is 9.84 Å². The molecule has 0 unspecified atom stereocenters. The number of hydrogen-bond acceptors (Lipinski definition) is 2. The Morgan fingerprint density at radius 2 is 1.86 bits per heavy atom. The summed E-state index contributed by atoms with van der Waals surface area (Å²) in [5.41, 5.74) is 0. The highest BCUT2D eigenvalue weighted by Gasteiger charge is 2.14. The molecular formula is C11H12O2S. The maximum atomic E-state index is 11.8. The first-order valence-electron chi connectivity index (χ1n) is 4.18. The Kier molecular flexibility index (Phi) is 3.25. The molecule has 0 aliphatic carbocycles. The number of allylic oxidation sites excluding steroid dienone is 3. The van der Waals surface area contributed by atoms with Crippen molar-refractivity contribution < 1.29 is 8.42 Å². The van der Waals surface area contributed by atoms with E-state index in [1.54, 1.807) is 37.3 Å². The van der Waals surface area contributed by atoms with Gasteiger partial charge in [0.15, 0.2) is 0 Å². The third-order valence-corrected chi connectivity index (χ3v) is 3.71. The molecule has 3 heteroatoms. The fraction of sp³-hybridized carbons (Fsp3) is 0.0909. The Balaban J connectivity index is 3.23. The molecule has 0 N–H and O–H groups in total. The summed E-state index contributed by atoms with van der Waals surface area (Å²) in [5.74, 6) is 0. The van der Waals surface area contributed by atoms with Crippen LogP contribution in [0.4, 0.5) is 0 Å². The molecule has 1 rings (SSSR count). The standard InChI is InChI=1S/C11H12O2S/c1-3-7-10(2)14(12,13)11-8-5-4-6-9-11/h3-9H,1H2,2H3. The van der Waals surface area contributed by atoms with Gasteiger partial charge < -0.3 is 0 Å². The molecular weight excluding hydrogens is 196 g/mol. The molecule has 2 nitrogen and oxygen atoms in total. The fourth-order valence-electron chi connectivity index (χ4n) is 1.04. The van der Waals surface area contributed by atoms with Gasteiger partial charge in [0.25, 0.3) is 0 Å². The van der Waals surface area contributed by atoms with Crippen LogP contribution in [0.15, 0.2) is 58.9 Å². The average Bonchev–Trinajstić information content (AvgIpc) is 2.19. The van der Waals surface area contributed by atoms with Crippen LogP contribution in [0.25, 0.3) is 0 Å². The first-order valence-corrected chi connectivity index (χ1v) is 5.67. The first kappa shape index (κ1) is 10.7. The van der Waals surface area contributed by atoms with E-state index in [1.165, 1.54) is 12.2 Å². The van der Waals surface area contributed by atoms with Crippen LogP contribution in [0.5, 0.6) is 0 Å². The van der Waals surface area contributed by atoms with Crippen LogP contribution in [-0.2, 0) is 9.84 Å². The van der Waals surface area contributed by atoms with Crippen LogP contribution in [0.2, 0.25) is 0 Å². The smallest absolute Gasteiger partial charge is 0.202 e. The molecule has 0 radical (unpaired) electrons. The summed E-state index contributed by atoms with van der Waals surface area (Å²) in [6, 6.07) is 8.35. The van der Waals surface area contributed by atoms with Crippen LogP contribution in [0.1, 0.15) is 6.92 Å². The predicted molar refractivity (Wildman–Crippen MR) is 57.6 cm³/mol.